The lowest BCUT2D eigenvalue weighted by molar-refractivity contribution is -0.509. The fourth-order valence-electron chi connectivity index (χ4n) is 2.10. The highest BCUT2D eigenvalue weighted by atomic mass is 32.1. The van der Waals surface area contributed by atoms with Crippen LogP contribution in [-0.2, 0) is 4.74 Å². The zero-order chi connectivity index (χ0) is 15.5. The molecule has 1 heterocycles. The van der Waals surface area contributed by atoms with E-state index in [9.17, 15) is 4.79 Å². The number of benzene rings is 2. The van der Waals surface area contributed by atoms with Gasteiger partial charge in [0.2, 0.25) is 0 Å². The van der Waals surface area contributed by atoms with Gasteiger partial charge in [-0.15, -0.1) is 3.96 Å². The van der Waals surface area contributed by atoms with Crippen molar-refractivity contribution in [3.63, 3.8) is 0 Å². The van der Waals surface area contributed by atoms with E-state index in [1.54, 1.807) is 12.1 Å². The molecule has 0 amide bonds. The molecule has 0 radical (unpaired) electrons. The van der Waals surface area contributed by atoms with Gasteiger partial charge in [-0.1, -0.05) is 18.2 Å². The maximum Gasteiger partial charge on any atom is 0.350 e. The fraction of sp³-hybridized carbons (Fsp3) is 0.0625. The van der Waals surface area contributed by atoms with E-state index >= 15 is 0 Å². The predicted molar refractivity (Wildman–Crippen MR) is 84.8 cm³/mol. The smallest absolute Gasteiger partial charge is 0.350 e. The first-order chi connectivity index (χ1) is 10.7. The summed E-state index contributed by atoms with van der Waals surface area (Å²) < 4.78 is 6.66. The third kappa shape index (κ3) is 2.68. The minimum absolute atomic E-state index is 0.361. The van der Waals surface area contributed by atoms with E-state index in [4.69, 9.17) is 10.5 Å². The molecule has 110 valence electrons. The van der Waals surface area contributed by atoms with E-state index in [0.717, 1.165) is 17.1 Å². The molecule has 3 rings (SSSR count). The Morgan fingerprint density at radius 1 is 1.14 bits per heavy atom. The van der Waals surface area contributed by atoms with Crippen molar-refractivity contribution >= 4 is 22.6 Å². The standard InChI is InChI=1S/C16H13N3O2S/c1-21-15(20)12-9-7-11(8-10-12)14-18-16(17)22-19(14)13-5-3-2-4-6-13/h2-10,17H,1H3/p+1. The number of carbonyl (C=O) groups excluding carboxylic acids is 1. The van der Waals surface area contributed by atoms with Crippen molar-refractivity contribution in [3.05, 3.63) is 60.2 Å². The number of nitrogens with zero attached hydrogens (tertiary/aromatic N) is 2. The summed E-state index contributed by atoms with van der Waals surface area (Å²) in [4.78, 5) is 15.9. The van der Waals surface area contributed by atoms with Crippen LogP contribution in [0.25, 0.3) is 17.1 Å². The Kier molecular flexibility index (Phi) is 3.84. The molecule has 3 aromatic rings. The van der Waals surface area contributed by atoms with Crippen molar-refractivity contribution in [2.75, 3.05) is 12.8 Å². The Morgan fingerprint density at radius 2 is 1.82 bits per heavy atom. The molecule has 0 saturated carbocycles. The number of aromatic nitrogens is 2. The quantitative estimate of drug-likeness (QED) is 0.596. The van der Waals surface area contributed by atoms with Crippen LogP contribution in [0.1, 0.15) is 10.4 Å². The van der Waals surface area contributed by atoms with Crippen molar-refractivity contribution in [2.45, 2.75) is 0 Å². The summed E-state index contributed by atoms with van der Waals surface area (Å²) in [5.41, 5.74) is 8.24. The van der Waals surface area contributed by atoms with E-state index in [0.29, 0.717) is 10.7 Å². The summed E-state index contributed by atoms with van der Waals surface area (Å²) in [7, 11) is 1.36. The molecule has 0 spiro atoms. The van der Waals surface area contributed by atoms with Gasteiger partial charge >= 0.3 is 16.9 Å². The second-order valence-electron chi connectivity index (χ2n) is 4.56. The number of nitrogens with two attached hydrogens (primary N) is 1. The summed E-state index contributed by atoms with van der Waals surface area (Å²) in [6.45, 7) is 0. The highest BCUT2D eigenvalue weighted by Crippen LogP contribution is 2.20. The van der Waals surface area contributed by atoms with Crippen LogP contribution in [0.5, 0.6) is 0 Å². The minimum atomic E-state index is -0.361. The van der Waals surface area contributed by atoms with Crippen molar-refractivity contribution in [1.29, 1.82) is 0 Å². The largest absolute Gasteiger partial charge is 0.465 e. The molecule has 0 aliphatic heterocycles. The molecular formula is C16H14N3O2S+. The van der Waals surface area contributed by atoms with Crippen LogP contribution in [0.15, 0.2) is 54.6 Å². The van der Waals surface area contributed by atoms with E-state index < -0.39 is 0 Å². The Morgan fingerprint density at radius 3 is 2.45 bits per heavy atom. The van der Waals surface area contributed by atoms with E-state index in [1.807, 2.05) is 46.4 Å². The van der Waals surface area contributed by atoms with Gasteiger partial charge in [0.05, 0.1) is 18.2 Å². The lowest BCUT2D eigenvalue weighted by Crippen LogP contribution is -2.27. The Hall–Kier alpha value is -2.73. The molecule has 1 aromatic heterocycles. The first-order valence-corrected chi connectivity index (χ1v) is 7.39. The maximum absolute atomic E-state index is 11.5. The van der Waals surface area contributed by atoms with E-state index in [-0.39, 0.29) is 5.97 Å². The van der Waals surface area contributed by atoms with Crippen LogP contribution in [-0.4, -0.2) is 18.1 Å². The lowest BCUT2D eigenvalue weighted by atomic mass is 10.1. The third-order valence-electron chi connectivity index (χ3n) is 3.15. The molecule has 22 heavy (non-hydrogen) atoms. The van der Waals surface area contributed by atoms with Crippen molar-refractivity contribution in [2.24, 2.45) is 0 Å². The van der Waals surface area contributed by atoms with Crippen molar-refractivity contribution in [1.82, 2.24) is 4.98 Å². The van der Waals surface area contributed by atoms with Gasteiger partial charge in [0.25, 0.3) is 0 Å². The number of nitrogen functional groups attached to an aromatic ring is 1. The van der Waals surface area contributed by atoms with Gasteiger partial charge in [0, 0.05) is 0 Å². The van der Waals surface area contributed by atoms with Crippen LogP contribution >= 0.6 is 11.5 Å². The molecule has 0 aliphatic carbocycles. The first-order valence-electron chi connectivity index (χ1n) is 6.62. The van der Waals surface area contributed by atoms with Gasteiger partial charge in [-0.2, -0.15) is 0 Å². The molecule has 2 aromatic carbocycles. The summed E-state index contributed by atoms with van der Waals surface area (Å²) in [6.07, 6.45) is 0. The van der Waals surface area contributed by atoms with Gasteiger partial charge in [-0.05, 0) is 41.4 Å². The van der Waals surface area contributed by atoms with E-state index in [2.05, 4.69) is 4.98 Å². The lowest BCUT2D eigenvalue weighted by Gasteiger charge is -2.00. The van der Waals surface area contributed by atoms with Crippen LogP contribution in [0.4, 0.5) is 5.13 Å². The highest BCUT2D eigenvalue weighted by molar-refractivity contribution is 7.05. The number of methoxy groups -OCH3 is 1. The Labute approximate surface area is 131 Å². The first kappa shape index (κ1) is 14.2. The molecular weight excluding hydrogens is 298 g/mol. The van der Waals surface area contributed by atoms with E-state index in [1.165, 1.54) is 18.6 Å². The summed E-state index contributed by atoms with van der Waals surface area (Å²) in [5.74, 6) is 0.380. The number of esters is 1. The second-order valence-corrected chi connectivity index (χ2v) is 5.53. The highest BCUT2D eigenvalue weighted by Gasteiger charge is 2.23. The zero-order valence-electron chi connectivity index (χ0n) is 11.9. The average molecular weight is 312 g/mol. The normalized spacial score (nSPS) is 10.4. The molecule has 2 N–H and O–H groups in total. The third-order valence-corrected chi connectivity index (χ3v) is 3.99. The molecule has 0 atom stereocenters. The average Bonchev–Trinajstić information content (AvgIpc) is 2.97. The monoisotopic (exact) mass is 312 g/mol. The predicted octanol–water partition coefficient (Wildman–Crippen LogP) is 2.46. The SMILES string of the molecule is COC(=O)c1ccc(-c2nc(N)s[n+]2-c2ccccc2)cc1. The molecule has 6 heteroatoms. The number of hydrogen-bond donors (Lipinski definition) is 1. The zero-order valence-corrected chi connectivity index (χ0v) is 12.7. The molecule has 0 bridgehead atoms. The van der Waals surface area contributed by atoms with Crippen molar-refractivity contribution < 1.29 is 13.5 Å². The van der Waals surface area contributed by atoms with Crippen LogP contribution in [0, 0.1) is 0 Å². The van der Waals surface area contributed by atoms with Crippen LogP contribution in [0.3, 0.4) is 0 Å². The molecule has 0 fully saturated rings. The van der Waals surface area contributed by atoms with Crippen LogP contribution < -0.4 is 9.69 Å². The molecule has 5 nitrogen and oxygen atoms in total. The van der Waals surface area contributed by atoms with Gasteiger partial charge in [-0.25, -0.2) is 4.79 Å². The topological polar surface area (TPSA) is 69.1 Å². The molecule has 0 aliphatic rings. The van der Waals surface area contributed by atoms with Gasteiger partial charge in [0.1, 0.15) is 17.2 Å². The van der Waals surface area contributed by atoms with Crippen molar-refractivity contribution in [3.8, 4) is 17.1 Å². The van der Waals surface area contributed by atoms with Gasteiger partial charge < -0.3 is 10.5 Å². The fourth-order valence-corrected chi connectivity index (χ4v) is 2.87. The van der Waals surface area contributed by atoms with Gasteiger partial charge in [0.15, 0.2) is 0 Å². The number of hydrogen-bond acceptors (Lipinski definition) is 5. The van der Waals surface area contributed by atoms with Crippen LogP contribution in [0.2, 0.25) is 0 Å². The number of para-hydroxylation sites is 1. The summed E-state index contributed by atoms with van der Waals surface area (Å²) in [5, 5.41) is 0.482. The molecule has 0 unspecified atom stereocenters. The van der Waals surface area contributed by atoms with Gasteiger partial charge in [-0.3, -0.25) is 0 Å². The Balaban J connectivity index is 2.04. The Bertz CT molecular complexity index is 798. The summed E-state index contributed by atoms with van der Waals surface area (Å²) in [6, 6.07) is 17.0. The minimum Gasteiger partial charge on any atom is -0.465 e. The maximum atomic E-state index is 11.5. The number of rotatable bonds is 3. The second kappa shape index (κ2) is 5.95. The number of ether oxygens (including phenoxy) is 1. The number of anilines is 1. The molecule has 0 saturated heterocycles. The summed E-state index contributed by atoms with van der Waals surface area (Å²) >= 11 is 1.37. The number of carbonyl (C=O) groups is 1.